The second-order valence-electron chi connectivity index (χ2n) is 9.02. The lowest BCUT2D eigenvalue weighted by Gasteiger charge is -2.28. The molecule has 0 aliphatic carbocycles. The molecule has 5 heterocycles. The van der Waals surface area contributed by atoms with Gasteiger partial charge in [-0.2, -0.15) is 0 Å². The van der Waals surface area contributed by atoms with Crippen LogP contribution >= 0.6 is 0 Å². The van der Waals surface area contributed by atoms with Crippen molar-refractivity contribution >= 4 is 16.6 Å². The van der Waals surface area contributed by atoms with Gasteiger partial charge in [-0.1, -0.05) is 12.1 Å². The van der Waals surface area contributed by atoms with E-state index in [1.54, 1.807) is 62.5 Å². The molecule has 0 saturated heterocycles. The Bertz CT molecular complexity index is 1990. The summed E-state index contributed by atoms with van der Waals surface area (Å²) >= 11 is 0. The Labute approximate surface area is 226 Å². The molecule has 11 nitrogen and oxygen atoms in total. The van der Waals surface area contributed by atoms with Gasteiger partial charge in [0.1, 0.15) is 17.7 Å². The monoisotopic (exact) mass is 535 g/mol. The van der Waals surface area contributed by atoms with Gasteiger partial charge in [-0.25, -0.2) is 19.3 Å². The normalized spacial score (nSPS) is 13.9. The molecule has 1 unspecified atom stereocenters. The molecule has 0 spiro atoms. The van der Waals surface area contributed by atoms with Gasteiger partial charge in [0.2, 0.25) is 5.88 Å². The topological polar surface area (TPSA) is 123 Å². The zero-order chi connectivity index (χ0) is 27.4. The standard InChI is InChI=1S/C29H21N5O6/c1-36-19-12-21(38-3)20(37-2)11-17(19)22-23-25(16-8-4-5-9-18(16)39-29(23)35)40-28-24(22)27-32-26(33-34(27)14-31-28)15-7-6-10-30-13-15/h4-14,22H,1-3H3. The maximum Gasteiger partial charge on any atom is 0.344 e. The summed E-state index contributed by atoms with van der Waals surface area (Å²) < 4.78 is 30.6. The van der Waals surface area contributed by atoms with Crippen molar-refractivity contribution in [3.05, 3.63) is 94.4 Å². The molecule has 6 aromatic rings. The summed E-state index contributed by atoms with van der Waals surface area (Å²) in [5.41, 5.74) is 2.41. The number of benzene rings is 2. The summed E-state index contributed by atoms with van der Waals surface area (Å²) in [6.45, 7) is 0. The quantitative estimate of drug-likeness (QED) is 0.289. The fourth-order valence-corrected chi connectivity index (χ4v) is 5.14. The molecule has 1 aliphatic heterocycles. The lowest BCUT2D eigenvalue weighted by atomic mass is 9.83. The maximum absolute atomic E-state index is 13.7. The van der Waals surface area contributed by atoms with Gasteiger partial charge < -0.3 is 23.4 Å². The number of ether oxygens (including phenoxy) is 4. The van der Waals surface area contributed by atoms with Crippen molar-refractivity contribution in [2.75, 3.05) is 21.3 Å². The molecular weight excluding hydrogens is 514 g/mol. The van der Waals surface area contributed by atoms with Crippen molar-refractivity contribution in [2.45, 2.75) is 5.92 Å². The summed E-state index contributed by atoms with van der Waals surface area (Å²) in [5.74, 6) is 1.69. The smallest absolute Gasteiger partial charge is 0.344 e. The lowest BCUT2D eigenvalue weighted by molar-refractivity contribution is 0.346. The van der Waals surface area contributed by atoms with Gasteiger partial charge in [0, 0.05) is 29.6 Å². The van der Waals surface area contributed by atoms with Gasteiger partial charge in [0.05, 0.1) is 43.8 Å². The first kappa shape index (κ1) is 23.7. The minimum Gasteiger partial charge on any atom is -0.496 e. The van der Waals surface area contributed by atoms with E-state index in [9.17, 15) is 4.79 Å². The lowest BCUT2D eigenvalue weighted by Crippen LogP contribution is -2.23. The molecule has 0 bridgehead atoms. The molecule has 2 aromatic carbocycles. The minimum absolute atomic E-state index is 0.276. The molecule has 0 fully saturated rings. The van der Waals surface area contributed by atoms with Crippen molar-refractivity contribution < 1.29 is 23.4 Å². The van der Waals surface area contributed by atoms with Gasteiger partial charge in [0.25, 0.3) is 0 Å². The number of para-hydroxylation sites is 1. The first-order valence-corrected chi connectivity index (χ1v) is 12.3. The fourth-order valence-electron chi connectivity index (χ4n) is 5.14. The summed E-state index contributed by atoms with van der Waals surface area (Å²) in [6, 6.07) is 14.4. The summed E-state index contributed by atoms with van der Waals surface area (Å²) in [7, 11) is 4.63. The number of aromatic nitrogens is 5. The van der Waals surface area contributed by atoms with Gasteiger partial charge >= 0.3 is 5.63 Å². The Balaban J connectivity index is 1.59. The van der Waals surface area contributed by atoms with E-state index in [4.69, 9.17) is 28.3 Å². The van der Waals surface area contributed by atoms with Crippen LogP contribution in [-0.4, -0.2) is 45.9 Å². The number of methoxy groups -OCH3 is 3. The molecule has 1 atom stereocenters. The van der Waals surface area contributed by atoms with Crippen LogP contribution < -0.4 is 24.6 Å². The Kier molecular flexibility index (Phi) is 5.37. The van der Waals surface area contributed by atoms with E-state index < -0.39 is 11.5 Å². The SMILES string of the molecule is COc1cc(OC)c(C2c3c(c4ccccc4oc3=O)Oc3ncn4nc(-c5cccnc5)nc4c32)cc1OC. The van der Waals surface area contributed by atoms with Gasteiger partial charge in [0.15, 0.2) is 28.7 Å². The number of pyridine rings is 1. The Morgan fingerprint density at radius 1 is 0.925 bits per heavy atom. The van der Waals surface area contributed by atoms with Crippen molar-refractivity contribution in [1.29, 1.82) is 0 Å². The number of rotatable bonds is 5. The van der Waals surface area contributed by atoms with Crippen LogP contribution in [0.25, 0.3) is 28.0 Å². The molecule has 1 aliphatic rings. The third-order valence-electron chi connectivity index (χ3n) is 6.93. The van der Waals surface area contributed by atoms with Crippen LogP contribution in [0.2, 0.25) is 0 Å². The van der Waals surface area contributed by atoms with Crippen LogP contribution in [0.15, 0.2) is 76.5 Å². The number of hydrogen-bond acceptors (Lipinski definition) is 10. The molecule has 7 rings (SSSR count). The molecule has 198 valence electrons. The van der Waals surface area contributed by atoms with Crippen LogP contribution in [0.1, 0.15) is 22.6 Å². The number of fused-ring (bicyclic) bond motifs is 6. The highest BCUT2D eigenvalue weighted by atomic mass is 16.5. The van der Waals surface area contributed by atoms with Crippen molar-refractivity contribution in [3.63, 3.8) is 0 Å². The number of nitrogens with zero attached hydrogens (tertiary/aromatic N) is 5. The van der Waals surface area contributed by atoms with Crippen molar-refractivity contribution in [1.82, 2.24) is 24.6 Å². The Morgan fingerprint density at radius 3 is 2.50 bits per heavy atom. The van der Waals surface area contributed by atoms with E-state index in [1.165, 1.54) is 6.33 Å². The minimum atomic E-state index is -0.767. The molecule has 0 radical (unpaired) electrons. The van der Waals surface area contributed by atoms with E-state index >= 15 is 0 Å². The van der Waals surface area contributed by atoms with Gasteiger partial charge in [-0.3, -0.25) is 4.98 Å². The van der Waals surface area contributed by atoms with E-state index in [2.05, 4.69) is 15.1 Å². The van der Waals surface area contributed by atoms with Crippen LogP contribution in [0.5, 0.6) is 28.9 Å². The Hall–Kier alpha value is -5.45. The third-order valence-corrected chi connectivity index (χ3v) is 6.93. The molecule has 11 heteroatoms. The van der Waals surface area contributed by atoms with E-state index in [1.807, 2.05) is 24.3 Å². The highest BCUT2D eigenvalue weighted by Gasteiger charge is 2.39. The van der Waals surface area contributed by atoms with Crippen molar-refractivity contribution in [3.8, 4) is 40.3 Å². The molecule has 0 N–H and O–H groups in total. The molecule has 4 aromatic heterocycles. The molecule has 40 heavy (non-hydrogen) atoms. The Morgan fingerprint density at radius 2 is 1.73 bits per heavy atom. The van der Waals surface area contributed by atoms with Crippen molar-refractivity contribution in [2.24, 2.45) is 0 Å². The second-order valence-corrected chi connectivity index (χ2v) is 9.02. The largest absolute Gasteiger partial charge is 0.496 e. The van der Waals surface area contributed by atoms with Crippen LogP contribution in [0.3, 0.4) is 0 Å². The summed E-state index contributed by atoms with van der Waals surface area (Å²) in [6.07, 6.45) is 4.88. The average Bonchev–Trinajstić information content (AvgIpc) is 3.45. The first-order valence-electron chi connectivity index (χ1n) is 12.3. The maximum atomic E-state index is 13.7. The van der Waals surface area contributed by atoms with Crippen LogP contribution in [0.4, 0.5) is 0 Å². The molecular formula is C29H21N5O6. The van der Waals surface area contributed by atoms with E-state index in [-0.39, 0.29) is 11.4 Å². The average molecular weight is 536 g/mol. The molecule has 0 saturated carbocycles. The van der Waals surface area contributed by atoms with E-state index in [0.29, 0.717) is 56.6 Å². The zero-order valence-corrected chi connectivity index (χ0v) is 21.6. The first-order chi connectivity index (χ1) is 19.6. The second kappa shape index (κ2) is 9.09. The van der Waals surface area contributed by atoms with E-state index in [0.717, 1.165) is 5.56 Å². The van der Waals surface area contributed by atoms with Crippen LogP contribution in [-0.2, 0) is 0 Å². The fraction of sp³-hybridized carbons (Fsp3) is 0.138. The predicted molar refractivity (Wildman–Crippen MR) is 144 cm³/mol. The summed E-state index contributed by atoms with van der Waals surface area (Å²) in [5, 5.41) is 5.25. The zero-order valence-electron chi connectivity index (χ0n) is 21.6. The third kappa shape index (κ3) is 3.48. The summed E-state index contributed by atoms with van der Waals surface area (Å²) in [4.78, 5) is 27.3. The van der Waals surface area contributed by atoms with Crippen LogP contribution in [0, 0.1) is 0 Å². The highest BCUT2D eigenvalue weighted by Crippen LogP contribution is 2.52. The highest BCUT2D eigenvalue weighted by molar-refractivity contribution is 5.87. The van der Waals surface area contributed by atoms with Gasteiger partial charge in [-0.05, 0) is 30.3 Å². The predicted octanol–water partition coefficient (Wildman–Crippen LogP) is 4.60. The number of hydrogen-bond donors (Lipinski definition) is 0. The molecule has 0 amide bonds. The van der Waals surface area contributed by atoms with Gasteiger partial charge in [-0.15, -0.1) is 5.10 Å².